The van der Waals surface area contributed by atoms with Gasteiger partial charge in [0.25, 0.3) is 5.91 Å². The van der Waals surface area contributed by atoms with Gasteiger partial charge in [-0.25, -0.2) is 4.99 Å². The quantitative estimate of drug-likeness (QED) is 0.727. The molecule has 0 saturated carbocycles. The van der Waals surface area contributed by atoms with Gasteiger partial charge in [0.15, 0.2) is 11.5 Å². The van der Waals surface area contributed by atoms with Crippen LogP contribution in [0.4, 0.5) is 13.2 Å². The van der Waals surface area contributed by atoms with E-state index in [0.29, 0.717) is 42.9 Å². The van der Waals surface area contributed by atoms with Gasteiger partial charge in [-0.3, -0.25) is 14.7 Å². The van der Waals surface area contributed by atoms with E-state index in [1.807, 2.05) is 0 Å². The Labute approximate surface area is 182 Å². The number of nitrogens with two attached hydrogens (primary N) is 1. The van der Waals surface area contributed by atoms with Crippen LogP contribution in [0.15, 0.2) is 41.7 Å². The number of ether oxygens (including phenoxy) is 2. The Morgan fingerprint density at radius 1 is 1.12 bits per heavy atom. The third-order valence-electron chi connectivity index (χ3n) is 6.44. The zero-order valence-corrected chi connectivity index (χ0v) is 17.3. The molecule has 168 valence electrons. The van der Waals surface area contributed by atoms with Crippen LogP contribution in [0, 0.1) is 0 Å². The van der Waals surface area contributed by atoms with Crippen LogP contribution in [-0.2, 0) is 21.2 Å². The van der Waals surface area contributed by atoms with Crippen LogP contribution in [0.1, 0.15) is 30.4 Å². The number of alkyl halides is 3. The third-order valence-corrected chi connectivity index (χ3v) is 6.44. The summed E-state index contributed by atoms with van der Waals surface area (Å²) >= 11 is 0. The molecule has 10 heteroatoms. The number of hydrogen-bond acceptors (Lipinski definition) is 6. The van der Waals surface area contributed by atoms with Gasteiger partial charge in [0.2, 0.25) is 0 Å². The maximum Gasteiger partial charge on any atom is 0.417 e. The van der Waals surface area contributed by atoms with Crippen molar-refractivity contribution in [3.63, 3.8) is 0 Å². The number of likely N-dealkylation sites (N-methyl/N-ethyl adjacent to an activating group) is 1. The van der Waals surface area contributed by atoms with Crippen molar-refractivity contribution in [3.05, 3.63) is 47.8 Å². The average molecular weight is 446 g/mol. The predicted molar refractivity (Wildman–Crippen MR) is 109 cm³/mol. The number of aliphatic imine (C=N–C) groups is 1. The molecule has 2 N–H and O–H groups in total. The van der Waals surface area contributed by atoms with Crippen LogP contribution in [-0.4, -0.2) is 47.6 Å². The molecule has 2 aromatic rings. The normalized spacial score (nSPS) is 24.4. The lowest BCUT2D eigenvalue weighted by atomic mass is 9.73. The predicted octanol–water partition coefficient (Wildman–Crippen LogP) is 3.08. The number of rotatable bonds is 1. The lowest BCUT2D eigenvalue weighted by molar-refractivity contribution is -0.138. The van der Waals surface area contributed by atoms with Gasteiger partial charge < -0.3 is 15.2 Å². The number of pyridine rings is 1. The van der Waals surface area contributed by atoms with E-state index in [1.165, 1.54) is 11.1 Å². The third kappa shape index (κ3) is 3.12. The minimum Gasteiger partial charge on any atom is -0.487 e. The highest BCUT2D eigenvalue weighted by molar-refractivity contribution is 6.07. The van der Waals surface area contributed by atoms with Gasteiger partial charge in [-0.05, 0) is 23.8 Å². The Hall–Kier alpha value is -3.14. The molecule has 0 bridgehead atoms. The van der Waals surface area contributed by atoms with E-state index in [0.717, 1.165) is 12.3 Å². The van der Waals surface area contributed by atoms with Crippen molar-refractivity contribution in [2.45, 2.75) is 36.6 Å². The number of benzene rings is 1. The van der Waals surface area contributed by atoms with Crippen molar-refractivity contribution < 1.29 is 27.4 Å². The summed E-state index contributed by atoms with van der Waals surface area (Å²) in [6.07, 6.45) is -0.903. The van der Waals surface area contributed by atoms with Gasteiger partial charge in [0.1, 0.15) is 11.4 Å². The van der Waals surface area contributed by atoms with Crippen molar-refractivity contribution in [3.8, 4) is 16.9 Å². The second kappa shape index (κ2) is 6.93. The maximum atomic E-state index is 13.4. The molecule has 5 rings (SSSR count). The number of hydrogen-bond donors (Lipinski definition) is 1. The minimum absolute atomic E-state index is 0.0937. The second-order valence-corrected chi connectivity index (χ2v) is 8.44. The van der Waals surface area contributed by atoms with E-state index in [-0.39, 0.29) is 23.9 Å². The van der Waals surface area contributed by atoms with Crippen LogP contribution in [0.3, 0.4) is 0 Å². The molecule has 1 aromatic heterocycles. The number of nitrogens with zero attached hydrogens (tertiary/aromatic N) is 3. The van der Waals surface area contributed by atoms with Crippen LogP contribution >= 0.6 is 0 Å². The zero-order chi connectivity index (χ0) is 22.7. The van der Waals surface area contributed by atoms with E-state index in [9.17, 15) is 18.0 Å². The molecular formula is C22H21F3N4O3. The molecule has 1 fully saturated rings. The molecular weight excluding hydrogens is 425 g/mol. The fourth-order valence-corrected chi connectivity index (χ4v) is 4.72. The first-order valence-corrected chi connectivity index (χ1v) is 10.2. The van der Waals surface area contributed by atoms with Crippen molar-refractivity contribution in [1.29, 1.82) is 0 Å². The summed E-state index contributed by atoms with van der Waals surface area (Å²) < 4.78 is 51.4. The number of carbonyl (C=O) groups excluding carboxylic acids is 1. The molecule has 7 nitrogen and oxygen atoms in total. The van der Waals surface area contributed by atoms with Crippen LogP contribution in [0.25, 0.3) is 11.1 Å². The molecule has 1 amide bonds. The van der Waals surface area contributed by atoms with Gasteiger partial charge in [0, 0.05) is 49.8 Å². The first-order chi connectivity index (χ1) is 15.1. The van der Waals surface area contributed by atoms with E-state index < -0.39 is 22.9 Å². The summed E-state index contributed by atoms with van der Waals surface area (Å²) in [4.78, 5) is 23.0. The second-order valence-electron chi connectivity index (χ2n) is 8.44. The number of aromatic nitrogens is 1. The lowest BCUT2D eigenvalue weighted by Gasteiger charge is -2.46. The summed E-state index contributed by atoms with van der Waals surface area (Å²) in [5, 5.41) is 0. The number of carbonyl (C=O) groups is 1. The van der Waals surface area contributed by atoms with Gasteiger partial charge in [-0.2, -0.15) is 13.2 Å². The smallest absolute Gasteiger partial charge is 0.417 e. The highest BCUT2D eigenvalue weighted by Crippen LogP contribution is 2.52. The van der Waals surface area contributed by atoms with Crippen LogP contribution in [0.5, 0.6) is 5.75 Å². The standard InChI is InChI=1S/C22H21F3N4O3/c1-29-18(30)21(28-19(29)26)12-20(4-6-31-7-5-20)32-17-3-2-13(9-16(17)21)14-8-15(11-27-10-14)22(23,24)25/h2-3,8-11H,4-7,12H2,1H3,(H2,26,28). The van der Waals surface area contributed by atoms with Crippen molar-refractivity contribution in [2.24, 2.45) is 10.7 Å². The number of amides is 1. The van der Waals surface area contributed by atoms with E-state index in [2.05, 4.69) is 9.98 Å². The largest absolute Gasteiger partial charge is 0.487 e. The first kappa shape index (κ1) is 20.7. The maximum absolute atomic E-state index is 13.4. The lowest BCUT2D eigenvalue weighted by Crippen LogP contribution is -2.53. The fourth-order valence-electron chi connectivity index (χ4n) is 4.72. The highest BCUT2D eigenvalue weighted by Gasteiger charge is 2.58. The molecule has 32 heavy (non-hydrogen) atoms. The molecule has 1 aromatic carbocycles. The van der Waals surface area contributed by atoms with E-state index in [1.54, 1.807) is 25.2 Å². The molecule has 0 radical (unpaired) electrons. The number of guanidine groups is 1. The van der Waals surface area contributed by atoms with Gasteiger partial charge >= 0.3 is 6.18 Å². The molecule has 1 saturated heterocycles. The van der Waals surface area contributed by atoms with Crippen molar-refractivity contribution in [1.82, 2.24) is 9.88 Å². The SMILES string of the molecule is CN1C(=O)C2(CC3(CCOCC3)Oc3ccc(-c4cncc(C(F)(F)F)c4)cc32)N=C1N. The summed E-state index contributed by atoms with van der Waals surface area (Å²) in [6, 6.07) is 6.04. The summed E-state index contributed by atoms with van der Waals surface area (Å²) in [5.41, 5.74) is 4.49. The highest BCUT2D eigenvalue weighted by atomic mass is 19.4. The average Bonchev–Trinajstić information content (AvgIpc) is 2.97. The summed E-state index contributed by atoms with van der Waals surface area (Å²) in [7, 11) is 1.56. The molecule has 3 aliphatic rings. The Morgan fingerprint density at radius 2 is 1.88 bits per heavy atom. The molecule has 0 aliphatic carbocycles. The Bertz CT molecular complexity index is 1130. The molecule has 3 aliphatic heterocycles. The number of fused-ring (bicyclic) bond motifs is 2. The Morgan fingerprint density at radius 3 is 2.53 bits per heavy atom. The fraction of sp³-hybridized carbons (Fsp3) is 0.409. The van der Waals surface area contributed by atoms with Crippen molar-refractivity contribution >= 4 is 11.9 Å². The Balaban J connectivity index is 1.66. The monoisotopic (exact) mass is 446 g/mol. The molecule has 2 spiro atoms. The van der Waals surface area contributed by atoms with E-state index in [4.69, 9.17) is 15.2 Å². The Kier molecular flexibility index (Phi) is 4.49. The van der Waals surface area contributed by atoms with Crippen LogP contribution in [0.2, 0.25) is 0 Å². The van der Waals surface area contributed by atoms with Crippen LogP contribution < -0.4 is 10.5 Å². The molecule has 1 unspecified atom stereocenters. The number of halogens is 3. The van der Waals surface area contributed by atoms with Gasteiger partial charge in [0.05, 0.1) is 18.8 Å². The summed E-state index contributed by atoms with van der Waals surface area (Å²) in [6.45, 7) is 1.01. The first-order valence-electron chi connectivity index (χ1n) is 10.2. The van der Waals surface area contributed by atoms with Gasteiger partial charge in [-0.15, -0.1) is 0 Å². The van der Waals surface area contributed by atoms with Gasteiger partial charge in [-0.1, -0.05) is 6.07 Å². The van der Waals surface area contributed by atoms with E-state index >= 15 is 0 Å². The molecule has 4 heterocycles. The molecule has 1 atom stereocenters. The minimum atomic E-state index is -4.51. The topological polar surface area (TPSA) is 90.0 Å². The summed E-state index contributed by atoms with van der Waals surface area (Å²) in [5.74, 6) is 0.281. The zero-order valence-electron chi connectivity index (χ0n) is 17.3. The van der Waals surface area contributed by atoms with Crippen molar-refractivity contribution in [2.75, 3.05) is 20.3 Å².